The van der Waals surface area contributed by atoms with Gasteiger partial charge in [-0.15, -0.1) is 0 Å². The highest BCUT2D eigenvalue weighted by Gasteiger charge is 2.26. The van der Waals surface area contributed by atoms with Gasteiger partial charge in [0.1, 0.15) is 0 Å². The molecule has 0 aliphatic carbocycles. The third kappa shape index (κ3) is 2.79. The molecule has 1 unspecified atom stereocenters. The maximum absolute atomic E-state index is 10.5. The number of hydrogen-bond acceptors (Lipinski definition) is 5. The van der Waals surface area contributed by atoms with Crippen LogP contribution < -0.4 is 4.90 Å². The summed E-state index contributed by atoms with van der Waals surface area (Å²) in [6.07, 6.45) is 6.29. The summed E-state index contributed by atoms with van der Waals surface area (Å²) in [6.45, 7) is 2.01. The number of aromatic nitrogens is 2. The second kappa shape index (κ2) is 5.23. The summed E-state index contributed by atoms with van der Waals surface area (Å²) in [5.74, 6) is 0.736. The van der Waals surface area contributed by atoms with E-state index >= 15 is 0 Å². The van der Waals surface area contributed by atoms with Gasteiger partial charge < -0.3 is 9.80 Å². The lowest BCUT2D eigenvalue weighted by molar-refractivity contribution is 0.112. The van der Waals surface area contributed by atoms with Crippen LogP contribution in [0.2, 0.25) is 0 Å². The van der Waals surface area contributed by atoms with E-state index in [1.807, 2.05) is 0 Å². The Morgan fingerprint density at radius 3 is 2.76 bits per heavy atom. The van der Waals surface area contributed by atoms with Crippen LogP contribution in [0, 0.1) is 0 Å². The molecule has 2 rings (SSSR count). The molecule has 0 radical (unpaired) electrons. The van der Waals surface area contributed by atoms with Gasteiger partial charge in [0, 0.05) is 31.5 Å². The molecule has 0 N–H and O–H groups in total. The third-order valence-electron chi connectivity index (χ3n) is 3.00. The van der Waals surface area contributed by atoms with Gasteiger partial charge in [-0.05, 0) is 26.9 Å². The Hall–Kier alpha value is -1.49. The van der Waals surface area contributed by atoms with Crippen LogP contribution in [0.1, 0.15) is 23.2 Å². The summed E-state index contributed by atoms with van der Waals surface area (Å²) < 4.78 is 0. The van der Waals surface area contributed by atoms with Crippen molar-refractivity contribution in [3.63, 3.8) is 0 Å². The van der Waals surface area contributed by atoms with Gasteiger partial charge in [-0.1, -0.05) is 0 Å². The van der Waals surface area contributed by atoms with Crippen molar-refractivity contribution in [1.82, 2.24) is 14.9 Å². The van der Waals surface area contributed by atoms with Gasteiger partial charge in [0.05, 0.1) is 5.56 Å². The monoisotopic (exact) mass is 234 g/mol. The molecule has 0 amide bonds. The Labute approximate surface area is 101 Å². The second-order valence-electron chi connectivity index (χ2n) is 4.69. The minimum absolute atomic E-state index is 0.479. The molecule has 5 heteroatoms. The summed E-state index contributed by atoms with van der Waals surface area (Å²) in [5.41, 5.74) is 0.525. The predicted molar refractivity (Wildman–Crippen MR) is 66.3 cm³/mol. The van der Waals surface area contributed by atoms with Crippen LogP contribution in [-0.2, 0) is 0 Å². The number of likely N-dealkylation sites (N-methyl/N-ethyl adjacent to an activating group) is 1. The molecule has 1 fully saturated rings. The molecule has 1 aromatic heterocycles. The third-order valence-corrected chi connectivity index (χ3v) is 3.00. The summed E-state index contributed by atoms with van der Waals surface area (Å²) >= 11 is 0. The molecule has 2 heterocycles. The number of carbonyl (C=O) groups excluding carboxylic acids is 1. The first kappa shape index (κ1) is 12.0. The number of rotatable bonds is 4. The van der Waals surface area contributed by atoms with E-state index in [9.17, 15) is 4.79 Å². The van der Waals surface area contributed by atoms with E-state index in [1.54, 1.807) is 12.4 Å². The smallest absolute Gasteiger partial charge is 0.225 e. The molecule has 5 nitrogen and oxygen atoms in total. The Morgan fingerprint density at radius 1 is 1.47 bits per heavy atom. The van der Waals surface area contributed by atoms with E-state index in [0.29, 0.717) is 11.6 Å². The predicted octanol–water partition coefficient (Wildman–Crippen LogP) is 0.819. The minimum atomic E-state index is 0.479. The highest BCUT2D eigenvalue weighted by molar-refractivity contribution is 5.73. The van der Waals surface area contributed by atoms with Crippen LogP contribution in [0.4, 0.5) is 5.95 Å². The van der Waals surface area contributed by atoms with E-state index in [-0.39, 0.29) is 0 Å². The fourth-order valence-electron chi connectivity index (χ4n) is 2.25. The largest absolute Gasteiger partial charge is 0.337 e. The van der Waals surface area contributed by atoms with Crippen molar-refractivity contribution in [3.05, 3.63) is 18.0 Å². The van der Waals surface area contributed by atoms with Gasteiger partial charge in [0.2, 0.25) is 5.95 Å². The van der Waals surface area contributed by atoms with Crippen molar-refractivity contribution < 1.29 is 4.79 Å². The molecule has 1 aliphatic rings. The summed E-state index contributed by atoms with van der Waals surface area (Å²) in [7, 11) is 4.15. The van der Waals surface area contributed by atoms with E-state index in [1.165, 1.54) is 12.8 Å². The van der Waals surface area contributed by atoms with Crippen LogP contribution in [0.15, 0.2) is 12.4 Å². The van der Waals surface area contributed by atoms with Gasteiger partial charge in [-0.3, -0.25) is 4.79 Å². The highest BCUT2D eigenvalue weighted by atomic mass is 16.1. The van der Waals surface area contributed by atoms with Crippen molar-refractivity contribution >= 4 is 12.2 Å². The Balaban J connectivity index is 2.11. The molecule has 1 aliphatic heterocycles. The Morgan fingerprint density at radius 2 is 2.18 bits per heavy atom. The fraction of sp³-hybridized carbons (Fsp3) is 0.583. The fourth-order valence-corrected chi connectivity index (χ4v) is 2.25. The number of hydrogen-bond donors (Lipinski definition) is 0. The Kier molecular flexibility index (Phi) is 3.68. The SMILES string of the molecule is CN(C)CC1CCCN1c1ncc(C=O)cn1. The average molecular weight is 234 g/mol. The van der Waals surface area contributed by atoms with Crippen LogP contribution >= 0.6 is 0 Å². The molecule has 1 saturated heterocycles. The topological polar surface area (TPSA) is 49.3 Å². The first-order chi connectivity index (χ1) is 8.20. The summed E-state index contributed by atoms with van der Waals surface area (Å²) in [5, 5.41) is 0. The molecular weight excluding hydrogens is 216 g/mol. The quantitative estimate of drug-likeness (QED) is 0.722. The standard InChI is InChI=1S/C12H18N4O/c1-15(2)8-11-4-3-5-16(11)12-13-6-10(9-17)7-14-12/h6-7,9,11H,3-5,8H2,1-2H3. The lowest BCUT2D eigenvalue weighted by Crippen LogP contribution is -2.38. The molecule has 17 heavy (non-hydrogen) atoms. The average Bonchev–Trinajstić information content (AvgIpc) is 2.76. The van der Waals surface area contributed by atoms with E-state index < -0.39 is 0 Å². The van der Waals surface area contributed by atoms with Crippen LogP contribution in [-0.4, -0.2) is 54.4 Å². The van der Waals surface area contributed by atoms with Gasteiger partial charge in [0.15, 0.2) is 6.29 Å². The van der Waals surface area contributed by atoms with Gasteiger partial charge in [-0.25, -0.2) is 9.97 Å². The molecule has 92 valence electrons. The van der Waals surface area contributed by atoms with Gasteiger partial charge in [-0.2, -0.15) is 0 Å². The number of aldehydes is 1. The molecule has 1 atom stereocenters. The maximum atomic E-state index is 10.5. The number of carbonyl (C=O) groups is 1. The van der Waals surface area contributed by atoms with Crippen molar-refractivity contribution in [1.29, 1.82) is 0 Å². The first-order valence-corrected chi connectivity index (χ1v) is 5.89. The van der Waals surface area contributed by atoms with Crippen molar-refractivity contribution in [2.24, 2.45) is 0 Å². The van der Waals surface area contributed by atoms with Crippen molar-refractivity contribution in [2.75, 3.05) is 32.1 Å². The van der Waals surface area contributed by atoms with E-state index in [2.05, 4.69) is 33.9 Å². The second-order valence-corrected chi connectivity index (χ2v) is 4.69. The molecule has 0 bridgehead atoms. The van der Waals surface area contributed by atoms with Crippen molar-refractivity contribution in [3.8, 4) is 0 Å². The summed E-state index contributed by atoms with van der Waals surface area (Å²) in [6, 6.07) is 0.479. The van der Waals surface area contributed by atoms with Gasteiger partial charge in [0.25, 0.3) is 0 Å². The highest BCUT2D eigenvalue weighted by Crippen LogP contribution is 2.22. The van der Waals surface area contributed by atoms with E-state index in [0.717, 1.165) is 25.3 Å². The number of nitrogens with zero attached hydrogens (tertiary/aromatic N) is 4. The zero-order valence-electron chi connectivity index (χ0n) is 10.3. The zero-order chi connectivity index (χ0) is 12.3. The molecule has 0 saturated carbocycles. The lowest BCUT2D eigenvalue weighted by Gasteiger charge is -2.26. The maximum Gasteiger partial charge on any atom is 0.225 e. The number of anilines is 1. The lowest BCUT2D eigenvalue weighted by atomic mass is 10.2. The molecule has 1 aromatic rings. The molecular formula is C12H18N4O. The van der Waals surface area contributed by atoms with Crippen molar-refractivity contribution in [2.45, 2.75) is 18.9 Å². The van der Waals surface area contributed by atoms with Crippen LogP contribution in [0.5, 0.6) is 0 Å². The summed E-state index contributed by atoms with van der Waals surface area (Å²) in [4.78, 5) is 23.5. The minimum Gasteiger partial charge on any atom is -0.337 e. The Bertz CT molecular complexity index is 377. The normalized spacial score (nSPS) is 19.9. The first-order valence-electron chi connectivity index (χ1n) is 5.89. The van der Waals surface area contributed by atoms with E-state index in [4.69, 9.17) is 0 Å². The zero-order valence-corrected chi connectivity index (χ0v) is 10.3. The van der Waals surface area contributed by atoms with Crippen LogP contribution in [0.25, 0.3) is 0 Å². The molecule has 0 aromatic carbocycles. The van der Waals surface area contributed by atoms with Gasteiger partial charge >= 0.3 is 0 Å². The van der Waals surface area contributed by atoms with Crippen LogP contribution in [0.3, 0.4) is 0 Å². The molecule has 0 spiro atoms.